The van der Waals surface area contributed by atoms with Crippen LogP contribution in [-0.4, -0.2) is 51.8 Å². The highest BCUT2D eigenvalue weighted by Gasteiger charge is 2.37. The van der Waals surface area contributed by atoms with Crippen molar-refractivity contribution >= 4 is 17.8 Å². The van der Waals surface area contributed by atoms with Gasteiger partial charge in [0.2, 0.25) is 5.89 Å². The van der Waals surface area contributed by atoms with Gasteiger partial charge in [-0.25, -0.2) is 0 Å². The first-order chi connectivity index (χ1) is 11.8. The summed E-state index contributed by atoms with van der Waals surface area (Å²) in [5.74, 6) is 1.37. The summed E-state index contributed by atoms with van der Waals surface area (Å²) in [6.07, 6.45) is 7.62. The first-order valence-electron chi connectivity index (χ1n) is 8.65. The van der Waals surface area contributed by atoms with Crippen LogP contribution < -0.4 is 4.90 Å². The summed E-state index contributed by atoms with van der Waals surface area (Å²) in [6.45, 7) is 5.59. The van der Waals surface area contributed by atoms with Gasteiger partial charge in [-0.1, -0.05) is 11.5 Å². The van der Waals surface area contributed by atoms with Gasteiger partial charge in [0, 0.05) is 42.5 Å². The van der Waals surface area contributed by atoms with Crippen molar-refractivity contribution in [3.05, 3.63) is 30.4 Å². The highest BCUT2D eigenvalue weighted by Crippen LogP contribution is 2.28. The summed E-state index contributed by atoms with van der Waals surface area (Å²) >= 11 is 1.68. The Labute approximate surface area is 146 Å². The van der Waals surface area contributed by atoms with E-state index in [4.69, 9.17) is 4.42 Å². The van der Waals surface area contributed by atoms with E-state index in [1.165, 1.54) is 25.8 Å². The molecule has 128 valence electrons. The molecule has 2 saturated heterocycles. The van der Waals surface area contributed by atoms with Crippen molar-refractivity contribution in [1.29, 1.82) is 0 Å². The largest absolute Gasteiger partial charge is 0.407 e. The smallest absolute Gasteiger partial charge is 0.318 e. The molecule has 0 bridgehead atoms. The molecule has 0 amide bonds. The van der Waals surface area contributed by atoms with Crippen molar-refractivity contribution in [3.63, 3.8) is 0 Å². The number of hydrogen-bond acceptors (Lipinski definition) is 7. The average Bonchev–Trinajstić information content (AvgIpc) is 3.03. The molecule has 2 aromatic rings. The van der Waals surface area contributed by atoms with Crippen LogP contribution in [0.3, 0.4) is 0 Å². The lowest BCUT2D eigenvalue weighted by molar-refractivity contribution is 0.0853. The topological polar surface area (TPSA) is 58.3 Å². The molecule has 24 heavy (non-hydrogen) atoms. The fourth-order valence-electron chi connectivity index (χ4n) is 3.49. The average molecular weight is 345 g/mol. The van der Waals surface area contributed by atoms with Gasteiger partial charge in [-0.05, 0) is 38.4 Å². The molecule has 1 unspecified atom stereocenters. The maximum absolute atomic E-state index is 5.82. The summed E-state index contributed by atoms with van der Waals surface area (Å²) in [5.41, 5.74) is 0. The van der Waals surface area contributed by atoms with Gasteiger partial charge in [0.25, 0.3) is 0 Å². The van der Waals surface area contributed by atoms with Crippen LogP contribution in [0, 0.1) is 0 Å². The van der Waals surface area contributed by atoms with Crippen LogP contribution >= 0.6 is 11.8 Å². The van der Waals surface area contributed by atoms with E-state index in [1.807, 2.05) is 12.1 Å². The Morgan fingerprint density at radius 3 is 2.83 bits per heavy atom. The van der Waals surface area contributed by atoms with Crippen LogP contribution in [-0.2, 0) is 5.75 Å². The first kappa shape index (κ1) is 15.9. The van der Waals surface area contributed by atoms with E-state index in [0.717, 1.165) is 18.0 Å². The number of nitrogens with zero attached hydrogens (tertiary/aromatic N) is 5. The third kappa shape index (κ3) is 3.42. The van der Waals surface area contributed by atoms with E-state index in [1.54, 1.807) is 24.2 Å². The van der Waals surface area contributed by atoms with E-state index in [-0.39, 0.29) is 0 Å². The SMILES string of the molecule is CC1CCCCN1C1CN(c2nnc(CSc3ccncc3)o2)C1. The van der Waals surface area contributed by atoms with Gasteiger partial charge >= 0.3 is 6.01 Å². The Kier molecular flexibility index (Phi) is 4.71. The van der Waals surface area contributed by atoms with Crippen LogP contribution in [0.25, 0.3) is 0 Å². The number of rotatable bonds is 5. The quantitative estimate of drug-likeness (QED) is 0.772. The molecule has 0 aliphatic carbocycles. The molecule has 4 heterocycles. The Hall–Kier alpha value is -1.60. The van der Waals surface area contributed by atoms with Crippen molar-refractivity contribution in [2.24, 2.45) is 0 Å². The van der Waals surface area contributed by atoms with Gasteiger partial charge in [-0.3, -0.25) is 9.88 Å². The maximum Gasteiger partial charge on any atom is 0.318 e. The highest BCUT2D eigenvalue weighted by atomic mass is 32.2. The third-order valence-corrected chi connectivity index (χ3v) is 5.92. The van der Waals surface area contributed by atoms with Gasteiger partial charge in [0.1, 0.15) is 0 Å². The lowest BCUT2D eigenvalue weighted by Gasteiger charge is -2.48. The van der Waals surface area contributed by atoms with Crippen LogP contribution in [0.2, 0.25) is 0 Å². The monoisotopic (exact) mass is 345 g/mol. The molecule has 2 fully saturated rings. The molecule has 0 saturated carbocycles. The molecular formula is C17H23N5OS. The minimum atomic E-state index is 0.641. The maximum atomic E-state index is 5.82. The number of anilines is 1. The van der Waals surface area contributed by atoms with Gasteiger partial charge < -0.3 is 9.32 Å². The molecule has 2 aliphatic heterocycles. The Morgan fingerprint density at radius 1 is 1.21 bits per heavy atom. The lowest BCUT2D eigenvalue weighted by Crippen LogP contribution is -2.62. The van der Waals surface area contributed by atoms with E-state index in [9.17, 15) is 0 Å². The second-order valence-electron chi connectivity index (χ2n) is 6.59. The van der Waals surface area contributed by atoms with Crippen LogP contribution in [0.1, 0.15) is 32.1 Å². The Balaban J connectivity index is 1.28. The molecule has 4 rings (SSSR count). The number of hydrogen-bond donors (Lipinski definition) is 0. The zero-order valence-electron chi connectivity index (χ0n) is 14.0. The molecule has 0 aromatic carbocycles. The van der Waals surface area contributed by atoms with E-state index in [0.29, 0.717) is 29.7 Å². The minimum absolute atomic E-state index is 0.641. The van der Waals surface area contributed by atoms with Crippen LogP contribution in [0.15, 0.2) is 33.8 Å². The highest BCUT2D eigenvalue weighted by molar-refractivity contribution is 7.98. The zero-order chi connectivity index (χ0) is 16.4. The van der Waals surface area contributed by atoms with Crippen LogP contribution in [0.5, 0.6) is 0 Å². The summed E-state index contributed by atoms with van der Waals surface area (Å²) < 4.78 is 5.82. The van der Waals surface area contributed by atoms with Crippen molar-refractivity contribution in [3.8, 4) is 0 Å². The lowest BCUT2D eigenvalue weighted by atomic mass is 9.98. The van der Waals surface area contributed by atoms with Crippen molar-refractivity contribution in [2.45, 2.75) is 48.9 Å². The standard InChI is InChI=1S/C17H23N5OS/c1-13-4-2-3-9-22(13)14-10-21(11-14)17-20-19-16(23-17)12-24-15-5-7-18-8-6-15/h5-8,13-14H,2-4,9-12H2,1H3. The molecule has 1 atom stereocenters. The molecular weight excluding hydrogens is 322 g/mol. The third-order valence-electron chi connectivity index (χ3n) is 4.92. The normalized spacial score (nSPS) is 22.5. The second kappa shape index (κ2) is 7.11. The number of likely N-dealkylation sites (tertiary alicyclic amines) is 1. The van der Waals surface area contributed by atoms with E-state index in [2.05, 4.69) is 31.9 Å². The fraction of sp³-hybridized carbons (Fsp3) is 0.588. The summed E-state index contributed by atoms with van der Waals surface area (Å²) in [4.78, 5) is 10.0. The predicted molar refractivity (Wildman–Crippen MR) is 94.1 cm³/mol. The molecule has 0 radical (unpaired) electrons. The molecule has 2 aliphatic rings. The van der Waals surface area contributed by atoms with Crippen molar-refractivity contribution in [1.82, 2.24) is 20.1 Å². The molecule has 6 nitrogen and oxygen atoms in total. The Bertz CT molecular complexity index is 658. The summed E-state index contributed by atoms with van der Waals surface area (Å²) in [5, 5.41) is 8.39. The number of thioether (sulfide) groups is 1. The van der Waals surface area contributed by atoms with Gasteiger partial charge in [0.05, 0.1) is 5.75 Å². The molecule has 0 N–H and O–H groups in total. The summed E-state index contributed by atoms with van der Waals surface area (Å²) in [7, 11) is 0. The number of aromatic nitrogens is 3. The second-order valence-corrected chi connectivity index (χ2v) is 7.64. The van der Waals surface area contributed by atoms with E-state index >= 15 is 0 Å². The fourth-order valence-corrected chi connectivity index (χ4v) is 4.22. The van der Waals surface area contributed by atoms with Crippen LogP contribution in [0.4, 0.5) is 6.01 Å². The van der Waals surface area contributed by atoms with Gasteiger partial charge in [-0.2, -0.15) is 0 Å². The number of pyridine rings is 1. The Morgan fingerprint density at radius 2 is 2.04 bits per heavy atom. The predicted octanol–water partition coefficient (Wildman–Crippen LogP) is 2.82. The molecule has 0 spiro atoms. The van der Waals surface area contributed by atoms with E-state index < -0.39 is 0 Å². The number of piperidine rings is 1. The van der Waals surface area contributed by atoms with Gasteiger partial charge in [-0.15, -0.1) is 16.9 Å². The minimum Gasteiger partial charge on any atom is -0.407 e. The van der Waals surface area contributed by atoms with Crippen molar-refractivity contribution < 1.29 is 4.42 Å². The summed E-state index contributed by atoms with van der Waals surface area (Å²) in [6, 6.07) is 5.99. The first-order valence-corrected chi connectivity index (χ1v) is 9.64. The molecule has 2 aromatic heterocycles. The van der Waals surface area contributed by atoms with Gasteiger partial charge in [0.15, 0.2) is 0 Å². The van der Waals surface area contributed by atoms with Crippen molar-refractivity contribution in [2.75, 3.05) is 24.5 Å². The zero-order valence-corrected chi connectivity index (χ0v) is 14.8. The molecule has 7 heteroatoms.